The zero-order chi connectivity index (χ0) is 17.6. The molecule has 0 saturated heterocycles. The second-order valence-electron chi connectivity index (χ2n) is 6.84. The lowest BCUT2D eigenvalue weighted by molar-refractivity contribution is 0.699. The predicted octanol–water partition coefficient (Wildman–Crippen LogP) is 4.14. The highest BCUT2D eigenvalue weighted by atomic mass is 32.1. The van der Waals surface area contributed by atoms with Gasteiger partial charge >= 0.3 is 0 Å². The van der Waals surface area contributed by atoms with Crippen LogP contribution >= 0.6 is 11.3 Å². The molecule has 3 aromatic rings. The van der Waals surface area contributed by atoms with Crippen LogP contribution < -0.4 is 5.56 Å². The molecule has 5 heteroatoms. The van der Waals surface area contributed by atoms with Crippen molar-refractivity contribution in [3.8, 4) is 0 Å². The highest BCUT2D eigenvalue weighted by Gasteiger charge is 2.19. The van der Waals surface area contributed by atoms with E-state index < -0.39 is 0 Å². The van der Waals surface area contributed by atoms with Crippen LogP contribution in [0.2, 0.25) is 0 Å². The first-order valence-corrected chi connectivity index (χ1v) is 9.50. The molecule has 0 unspecified atom stereocenters. The number of rotatable bonds is 2. The molecule has 1 aromatic carbocycles. The summed E-state index contributed by atoms with van der Waals surface area (Å²) < 4.78 is 1.38. The van der Waals surface area contributed by atoms with Gasteiger partial charge in [0.2, 0.25) is 0 Å². The van der Waals surface area contributed by atoms with Gasteiger partial charge in [-0.15, -0.1) is 11.3 Å². The first-order chi connectivity index (χ1) is 12.0. The van der Waals surface area contributed by atoms with Gasteiger partial charge in [0.05, 0.1) is 11.6 Å². The Bertz CT molecular complexity index is 1040. The van der Waals surface area contributed by atoms with Crippen LogP contribution in [-0.4, -0.2) is 15.9 Å². The molecular weight excluding hydrogens is 330 g/mol. The fourth-order valence-corrected chi connectivity index (χ4v) is 4.95. The van der Waals surface area contributed by atoms with Gasteiger partial charge in [-0.2, -0.15) is 9.78 Å². The van der Waals surface area contributed by atoms with Crippen molar-refractivity contribution in [1.82, 2.24) is 9.66 Å². The highest BCUT2D eigenvalue weighted by molar-refractivity contribution is 7.18. The molecule has 2 heterocycles. The molecule has 0 radical (unpaired) electrons. The molecule has 4 nitrogen and oxygen atoms in total. The number of thiophene rings is 1. The van der Waals surface area contributed by atoms with Gasteiger partial charge < -0.3 is 0 Å². The Morgan fingerprint density at radius 2 is 1.88 bits per heavy atom. The third-order valence-corrected chi connectivity index (χ3v) is 6.11. The summed E-state index contributed by atoms with van der Waals surface area (Å²) in [4.78, 5) is 19.6. The minimum Gasteiger partial charge on any atom is -0.267 e. The first-order valence-electron chi connectivity index (χ1n) is 8.68. The summed E-state index contributed by atoms with van der Waals surface area (Å²) in [5.74, 6) is 0. The molecule has 1 aliphatic carbocycles. The van der Waals surface area contributed by atoms with Gasteiger partial charge in [-0.1, -0.05) is 17.7 Å². The average Bonchev–Trinajstić information content (AvgIpc) is 2.95. The minimum atomic E-state index is -0.0527. The molecule has 25 heavy (non-hydrogen) atoms. The summed E-state index contributed by atoms with van der Waals surface area (Å²) in [7, 11) is 0. The lowest BCUT2D eigenvalue weighted by Gasteiger charge is -2.10. The van der Waals surface area contributed by atoms with Crippen LogP contribution in [0.5, 0.6) is 0 Å². The Morgan fingerprint density at radius 1 is 1.16 bits per heavy atom. The van der Waals surface area contributed by atoms with Crippen LogP contribution in [0.4, 0.5) is 0 Å². The second kappa shape index (κ2) is 6.23. The van der Waals surface area contributed by atoms with E-state index >= 15 is 0 Å². The van der Waals surface area contributed by atoms with E-state index in [1.54, 1.807) is 23.9 Å². The van der Waals surface area contributed by atoms with Gasteiger partial charge in [-0.25, -0.2) is 4.98 Å². The Labute approximate surface area is 150 Å². The van der Waals surface area contributed by atoms with Gasteiger partial charge in [0.15, 0.2) is 0 Å². The standard InChI is InChI=1S/C20H21N3OS/c1-12-8-13(2)16(14(3)9-12)10-22-23-11-21-19-18(20(23)24)15-6-4-5-7-17(15)25-19/h8-11H,4-7H2,1-3H3/b22-10+. The molecule has 0 saturated carbocycles. The molecule has 0 spiro atoms. The third kappa shape index (κ3) is 2.82. The normalized spacial score (nSPS) is 14.4. The second-order valence-corrected chi connectivity index (χ2v) is 7.93. The summed E-state index contributed by atoms with van der Waals surface area (Å²) in [5.41, 5.74) is 5.77. The zero-order valence-electron chi connectivity index (χ0n) is 14.8. The minimum absolute atomic E-state index is 0.0527. The molecule has 2 aromatic heterocycles. The Hall–Kier alpha value is -2.27. The van der Waals surface area contributed by atoms with Gasteiger partial charge in [-0.05, 0) is 63.1 Å². The fourth-order valence-electron chi connectivity index (χ4n) is 3.73. The van der Waals surface area contributed by atoms with Gasteiger partial charge in [-0.3, -0.25) is 4.79 Å². The summed E-state index contributed by atoms with van der Waals surface area (Å²) >= 11 is 1.67. The molecule has 1 aliphatic rings. The predicted molar refractivity (Wildman–Crippen MR) is 104 cm³/mol. The lowest BCUT2D eigenvalue weighted by atomic mass is 9.97. The maximum Gasteiger partial charge on any atom is 0.282 e. The number of nitrogens with zero attached hydrogens (tertiary/aromatic N) is 3. The number of fused-ring (bicyclic) bond motifs is 3. The topological polar surface area (TPSA) is 47.2 Å². The molecule has 0 atom stereocenters. The van der Waals surface area contributed by atoms with Crippen molar-refractivity contribution in [1.29, 1.82) is 0 Å². The molecule has 0 amide bonds. The molecule has 0 N–H and O–H groups in total. The van der Waals surface area contributed by atoms with Gasteiger partial charge in [0, 0.05) is 10.4 Å². The lowest BCUT2D eigenvalue weighted by Crippen LogP contribution is -2.18. The SMILES string of the molecule is Cc1cc(C)c(/C=N/n2cnc3sc4c(c3c2=O)CCCC4)c(C)c1. The van der Waals surface area contributed by atoms with Crippen molar-refractivity contribution in [3.05, 3.63) is 61.5 Å². The van der Waals surface area contributed by atoms with Crippen LogP contribution in [0.1, 0.15) is 45.5 Å². The largest absolute Gasteiger partial charge is 0.282 e. The quantitative estimate of drug-likeness (QED) is 0.651. The monoisotopic (exact) mass is 351 g/mol. The highest BCUT2D eigenvalue weighted by Crippen LogP contribution is 2.33. The van der Waals surface area contributed by atoms with Crippen molar-refractivity contribution >= 4 is 27.8 Å². The summed E-state index contributed by atoms with van der Waals surface area (Å²) in [6, 6.07) is 4.27. The van der Waals surface area contributed by atoms with E-state index in [4.69, 9.17) is 0 Å². The number of hydrogen-bond donors (Lipinski definition) is 0. The number of aromatic nitrogens is 2. The van der Waals surface area contributed by atoms with E-state index in [1.807, 2.05) is 0 Å². The van der Waals surface area contributed by atoms with E-state index in [9.17, 15) is 4.79 Å². The number of aryl methyl sites for hydroxylation is 5. The summed E-state index contributed by atoms with van der Waals surface area (Å²) in [5, 5.41) is 5.20. The Balaban J connectivity index is 1.80. The van der Waals surface area contributed by atoms with E-state index in [2.05, 4.69) is 43.0 Å². The Kier molecular flexibility index (Phi) is 4.04. The Morgan fingerprint density at radius 3 is 2.64 bits per heavy atom. The third-order valence-electron chi connectivity index (χ3n) is 4.91. The van der Waals surface area contributed by atoms with Crippen LogP contribution in [0.3, 0.4) is 0 Å². The van der Waals surface area contributed by atoms with Crippen molar-refractivity contribution in [2.45, 2.75) is 46.5 Å². The van der Waals surface area contributed by atoms with Gasteiger partial charge in [0.25, 0.3) is 5.56 Å². The van der Waals surface area contributed by atoms with Crippen molar-refractivity contribution in [3.63, 3.8) is 0 Å². The number of benzene rings is 1. The summed E-state index contributed by atoms with van der Waals surface area (Å²) in [6.45, 7) is 6.23. The van der Waals surface area contributed by atoms with Crippen LogP contribution in [0.25, 0.3) is 10.2 Å². The van der Waals surface area contributed by atoms with Crippen molar-refractivity contribution in [2.75, 3.05) is 0 Å². The van der Waals surface area contributed by atoms with Crippen LogP contribution in [0, 0.1) is 20.8 Å². The van der Waals surface area contributed by atoms with E-state index in [0.29, 0.717) is 0 Å². The molecular formula is C20H21N3OS. The maximum atomic E-state index is 12.9. The van der Waals surface area contributed by atoms with Crippen molar-refractivity contribution < 1.29 is 0 Å². The van der Waals surface area contributed by atoms with Crippen LogP contribution in [-0.2, 0) is 12.8 Å². The van der Waals surface area contributed by atoms with Crippen molar-refractivity contribution in [2.24, 2.45) is 5.10 Å². The average molecular weight is 351 g/mol. The number of hydrogen-bond acceptors (Lipinski definition) is 4. The molecule has 0 bridgehead atoms. The summed E-state index contributed by atoms with van der Waals surface area (Å²) in [6.07, 6.45) is 7.73. The van der Waals surface area contributed by atoms with E-state index in [0.717, 1.165) is 46.2 Å². The molecule has 0 aliphatic heterocycles. The van der Waals surface area contributed by atoms with E-state index in [1.165, 1.54) is 27.1 Å². The maximum absolute atomic E-state index is 12.9. The zero-order valence-corrected chi connectivity index (χ0v) is 15.6. The smallest absolute Gasteiger partial charge is 0.267 e. The molecule has 4 rings (SSSR count). The fraction of sp³-hybridized carbons (Fsp3) is 0.350. The first kappa shape index (κ1) is 16.2. The molecule has 128 valence electrons. The molecule has 0 fully saturated rings. The van der Waals surface area contributed by atoms with Crippen LogP contribution in [0.15, 0.2) is 28.4 Å². The van der Waals surface area contributed by atoms with Gasteiger partial charge in [0.1, 0.15) is 11.2 Å². The van der Waals surface area contributed by atoms with E-state index in [-0.39, 0.29) is 5.56 Å².